The van der Waals surface area contributed by atoms with E-state index in [2.05, 4.69) is 54.5 Å². The van der Waals surface area contributed by atoms with Gasteiger partial charge < -0.3 is 4.57 Å². The highest BCUT2D eigenvalue weighted by Crippen LogP contribution is 2.36. The quantitative estimate of drug-likeness (QED) is 0.711. The van der Waals surface area contributed by atoms with Crippen LogP contribution in [0.1, 0.15) is 82.8 Å². The maximum Gasteiger partial charge on any atom is 0.214 e. The molecule has 4 nitrogen and oxygen atoms in total. The molecule has 1 aromatic carbocycles. The van der Waals surface area contributed by atoms with Crippen LogP contribution in [0.3, 0.4) is 0 Å². The van der Waals surface area contributed by atoms with Crippen LogP contribution < -0.4 is 4.72 Å². The van der Waals surface area contributed by atoms with E-state index < -0.39 is 10.0 Å². The molecule has 2 fully saturated rings. The Kier molecular flexibility index (Phi) is 5.34. The maximum absolute atomic E-state index is 12.5. The molecule has 0 unspecified atom stereocenters. The Morgan fingerprint density at radius 2 is 1.79 bits per heavy atom. The van der Waals surface area contributed by atoms with Crippen LogP contribution in [0.2, 0.25) is 0 Å². The summed E-state index contributed by atoms with van der Waals surface area (Å²) in [6, 6.07) is 6.85. The molecule has 2 saturated carbocycles. The molecule has 2 aliphatic carbocycles. The average molecular weight is 403 g/mol. The van der Waals surface area contributed by atoms with Gasteiger partial charge in [-0.3, -0.25) is 0 Å². The van der Waals surface area contributed by atoms with Crippen molar-refractivity contribution >= 4 is 20.9 Å². The highest BCUT2D eigenvalue weighted by atomic mass is 32.2. The van der Waals surface area contributed by atoms with Crippen molar-refractivity contribution < 1.29 is 8.42 Å². The number of nitrogens with zero attached hydrogens (tertiary/aromatic N) is 1. The molecule has 5 heteroatoms. The van der Waals surface area contributed by atoms with E-state index >= 15 is 0 Å². The molecule has 2 aliphatic rings. The fourth-order valence-corrected chi connectivity index (χ4v) is 6.20. The third-order valence-corrected chi connectivity index (χ3v) is 8.31. The molecule has 2 aromatic rings. The minimum absolute atomic E-state index is 0.165. The molecule has 154 valence electrons. The van der Waals surface area contributed by atoms with Crippen molar-refractivity contribution in [1.29, 1.82) is 0 Å². The Bertz CT molecular complexity index is 943. The van der Waals surface area contributed by atoms with Gasteiger partial charge in [0, 0.05) is 30.2 Å². The molecule has 28 heavy (non-hydrogen) atoms. The number of hydrogen-bond donors (Lipinski definition) is 1. The van der Waals surface area contributed by atoms with Crippen LogP contribution in [0.25, 0.3) is 10.9 Å². The SMILES string of the molecule is CC(C)(C)Cn1cc(CNS(=O)(=O)C2CCC2)c2ccc(C3CCCC3)cc21. The van der Waals surface area contributed by atoms with Gasteiger partial charge in [0.2, 0.25) is 10.0 Å². The Labute approximate surface area is 169 Å². The van der Waals surface area contributed by atoms with Crippen molar-refractivity contribution in [3.63, 3.8) is 0 Å². The first-order valence-electron chi connectivity index (χ1n) is 10.8. The third-order valence-electron chi connectivity index (χ3n) is 6.41. The lowest BCUT2D eigenvalue weighted by Gasteiger charge is -2.25. The zero-order chi connectivity index (χ0) is 19.9. The Morgan fingerprint density at radius 3 is 2.39 bits per heavy atom. The lowest BCUT2D eigenvalue weighted by atomic mass is 9.95. The van der Waals surface area contributed by atoms with Crippen LogP contribution in [0, 0.1) is 5.41 Å². The summed E-state index contributed by atoms with van der Waals surface area (Å²) in [5, 5.41) is 0.992. The molecule has 0 amide bonds. The molecule has 0 bridgehead atoms. The van der Waals surface area contributed by atoms with E-state index in [1.165, 1.54) is 42.1 Å². The monoisotopic (exact) mass is 402 g/mol. The van der Waals surface area contributed by atoms with Gasteiger partial charge in [0.15, 0.2) is 0 Å². The predicted molar refractivity (Wildman–Crippen MR) is 116 cm³/mol. The molecule has 0 aliphatic heterocycles. The summed E-state index contributed by atoms with van der Waals surface area (Å²) >= 11 is 0. The molecular weight excluding hydrogens is 368 g/mol. The molecule has 1 heterocycles. The molecule has 1 N–H and O–H groups in total. The van der Waals surface area contributed by atoms with Crippen LogP contribution in [-0.2, 0) is 23.1 Å². The average Bonchev–Trinajstić information content (AvgIpc) is 3.18. The van der Waals surface area contributed by atoms with E-state index in [9.17, 15) is 8.42 Å². The minimum Gasteiger partial charge on any atom is -0.347 e. The molecule has 1 aromatic heterocycles. The summed E-state index contributed by atoms with van der Waals surface area (Å²) in [6.07, 6.45) is 10.0. The first kappa shape index (κ1) is 20.0. The standard InChI is InChI=1S/C23H34N2O2S/c1-23(2,3)16-25-15-19(14-24-28(26,27)20-9-6-10-20)21-12-11-18(13-22(21)25)17-7-4-5-8-17/h11-13,15,17,20,24H,4-10,14,16H2,1-3H3. The largest absolute Gasteiger partial charge is 0.347 e. The highest BCUT2D eigenvalue weighted by Gasteiger charge is 2.31. The summed E-state index contributed by atoms with van der Waals surface area (Å²) in [6.45, 7) is 8.05. The van der Waals surface area contributed by atoms with E-state index in [-0.39, 0.29) is 10.7 Å². The van der Waals surface area contributed by atoms with Crippen LogP contribution in [0.4, 0.5) is 0 Å². The van der Waals surface area contributed by atoms with Gasteiger partial charge >= 0.3 is 0 Å². The van der Waals surface area contributed by atoms with Crippen molar-refractivity contribution in [1.82, 2.24) is 9.29 Å². The van der Waals surface area contributed by atoms with Gasteiger partial charge in [0.1, 0.15) is 0 Å². The normalized spacial score (nSPS) is 19.4. The molecule has 4 rings (SSSR count). The fourth-order valence-electron chi connectivity index (χ4n) is 4.66. The van der Waals surface area contributed by atoms with Crippen molar-refractivity contribution in [2.45, 2.75) is 90.0 Å². The van der Waals surface area contributed by atoms with Gasteiger partial charge in [-0.15, -0.1) is 0 Å². The van der Waals surface area contributed by atoms with Gasteiger partial charge in [0.25, 0.3) is 0 Å². The van der Waals surface area contributed by atoms with Crippen molar-refractivity contribution in [2.24, 2.45) is 5.41 Å². The van der Waals surface area contributed by atoms with Crippen molar-refractivity contribution in [3.8, 4) is 0 Å². The van der Waals surface area contributed by atoms with E-state index in [1.807, 2.05) is 0 Å². The maximum atomic E-state index is 12.5. The Balaban J connectivity index is 1.65. The minimum atomic E-state index is -3.20. The van der Waals surface area contributed by atoms with E-state index in [1.54, 1.807) is 0 Å². The second-order valence-electron chi connectivity index (χ2n) is 10.0. The summed E-state index contributed by atoms with van der Waals surface area (Å²) in [4.78, 5) is 0. The molecule has 0 saturated heterocycles. The van der Waals surface area contributed by atoms with Crippen LogP contribution in [0.5, 0.6) is 0 Å². The van der Waals surface area contributed by atoms with Crippen molar-refractivity contribution in [2.75, 3.05) is 0 Å². The summed E-state index contributed by atoms with van der Waals surface area (Å²) < 4.78 is 30.1. The molecule has 0 radical (unpaired) electrons. The van der Waals surface area contributed by atoms with E-state index in [0.717, 1.165) is 31.4 Å². The number of aromatic nitrogens is 1. The number of fused-ring (bicyclic) bond motifs is 1. The first-order chi connectivity index (χ1) is 13.2. The highest BCUT2D eigenvalue weighted by molar-refractivity contribution is 7.90. The number of nitrogens with one attached hydrogen (secondary N) is 1. The zero-order valence-electron chi connectivity index (χ0n) is 17.5. The summed E-state index contributed by atoms with van der Waals surface area (Å²) in [5.74, 6) is 0.683. The van der Waals surface area contributed by atoms with Gasteiger partial charge in [-0.25, -0.2) is 13.1 Å². The fraction of sp³-hybridized carbons (Fsp3) is 0.652. The second kappa shape index (κ2) is 7.49. The van der Waals surface area contributed by atoms with E-state index in [4.69, 9.17) is 0 Å². The van der Waals surface area contributed by atoms with Crippen LogP contribution >= 0.6 is 0 Å². The number of sulfonamides is 1. The van der Waals surface area contributed by atoms with Gasteiger partial charge in [-0.2, -0.15) is 0 Å². The van der Waals surface area contributed by atoms with Crippen LogP contribution in [0.15, 0.2) is 24.4 Å². The molecular formula is C23H34N2O2S. The number of hydrogen-bond acceptors (Lipinski definition) is 2. The van der Waals surface area contributed by atoms with Crippen molar-refractivity contribution in [3.05, 3.63) is 35.5 Å². The van der Waals surface area contributed by atoms with Gasteiger partial charge in [-0.1, -0.05) is 52.2 Å². The Hall–Kier alpha value is -1.33. The lowest BCUT2D eigenvalue weighted by molar-refractivity contribution is 0.349. The first-order valence-corrected chi connectivity index (χ1v) is 12.4. The van der Waals surface area contributed by atoms with Gasteiger partial charge in [-0.05, 0) is 54.2 Å². The van der Waals surface area contributed by atoms with Gasteiger partial charge in [0.05, 0.1) is 5.25 Å². The van der Waals surface area contributed by atoms with Crippen LogP contribution in [-0.4, -0.2) is 18.2 Å². The number of benzene rings is 1. The Morgan fingerprint density at radius 1 is 1.07 bits per heavy atom. The topological polar surface area (TPSA) is 51.1 Å². The third kappa shape index (κ3) is 4.16. The van der Waals surface area contributed by atoms with E-state index in [0.29, 0.717) is 12.5 Å². The summed E-state index contributed by atoms with van der Waals surface area (Å²) in [5.41, 5.74) is 3.94. The lowest BCUT2D eigenvalue weighted by Crippen LogP contribution is -2.38. The second-order valence-corrected chi connectivity index (χ2v) is 12.1. The molecule has 0 atom stereocenters. The number of rotatable bonds is 6. The summed E-state index contributed by atoms with van der Waals surface area (Å²) in [7, 11) is -3.20. The smallest absolute Gasteiger partial charge is 0.214 e. The zero-order valence-corrected chi connectivity index (χ0v) is 18.3. The molecule has 0 spiro atoms. The predicted octanol–water partition coefficient (Wildman–Crippen LogP) is 5.32.